The third-order valence-corrected chi connectivity index (χ3v) is 7.97. The molecule has 3 N–H and O–H groups in total. The number of anilines is 1. The minimum Gasteiger partial charge on any atom is -0.394 e. The smallest absolute Gasteiger partial charge is 0.250 e. The summed E-state index contributed by atoms with van der Waals surface area (Å²) >= 11 is 5.96. The third kappa shape index (κ3) is 3.07. The van der Waals surface area contributed by atoms with Crippen LogP contribution in [0.3, 0.4) is 0 Å². The van der Waals surface area contributed by atoms with E-state index in [9.17, 15) is 19.5 Å². The summed E-state index contributed by atoms with van der Waals surface area (Å²) in [7, 11) is 1.54. The number of amides is 3. The summed E-state index contributed by atoms with van der Waals surface area (Å²) in [5.74, 6) is -2.51. The lowest BCUT2D eigenvalue weighted by Crippen LogP contribution is -2.56. The third-order valence-electron chi connectivity index (χ3n) is 7.72. The van der Waals surface area contributed by atoms with E-state index in [2.05, 4.69) is 10.6 Å². The first kappa shape index (κ1) is 23.0. The zero-order chi connectivity index (χ0) is 23.4. The fraction of sp³-hybridized carbons (Fsp3) is 0.609. The van der Waals surface area contributed by atoms with Crippen LogP contribution in [0.25, 0.3) is 0 Å². The number of benzene rings is 1. The van der Waals surface area contributed by atoms with E-state index in [1.54, 1.807) is 31.3 Å². The molecule has 3 aliphatic heterocycles. The Kier molecular flexibility index (Phi) is 5.76. The van der Waals surface area contributed by atoms with E-state index in [1.165, 1.54) is 4.90 Å². The molecule has 3 amide bonds. The molecule has 0 aliphatic carbocycles. The first-order valence-electron chi connectivity index (χ1n) is 11.1. The monoisotopic (exact) mass is 463 g/mol. The van der Waals surface area contributed by atoms with Crippen LogP contribution in [0.1, 0.15) is 33.6 Å². The van der Waals surface area contributed by atoms with Crippen molar-refractivity contribution in [3.05, 3.63) is 29.3 Å². The Morgan fingerprint density at radius 2 is 1.97 bits per heavy atom. The van der Waals surface area contributed by atoms with Crippen molar-refractivity contribution < 1.29 is 24.2 Å². The maximum atomic E-state index is 13.8. The number of nitrogens with zero attached hydrogens (tertiary/aromatic N) is 1. The van der Waals surface area contributed by atoms with Crippen LogP contribution in [0.5, 0.6) is 0 Å². The van der Waals surface area contributed by atoms with E-state index in [4.69, 9.17) is 16.3 Å². The van der Waals surface area contributed by atoms with Crippen molar-refractivity contribution in [1.82, 2.24) is 10.2 Å². The van der Waals surface area contributed by atoms with Gasteiger partial charge in [-0.05, 0) is 49.9 Å². The highest BCUT2D eigenvalue weighted by Gasteiger charge is 2.80. The molecule has 1 aromatic carbocycles. The van der Waals surface area contributed by atoms with Crippen LogP contribution in [0, 0.1) is 17.8 Å². The van der Waals surface area contributed by atoms with Gasteiger partial charge in [-0.1, -0.05) is 25.4 Å². The number of ether oxygens (including phenoxy) is 1. The fourth-order valence-corrected chi connectivity index (χ4v) is 6.21. The van der Waals surface area contributed by atoms with Crippen LogP contribution in [-0.4, -0.2) is 64.7 Å². The van der Waals surface area contributed by atoms with Gasteiger partial charge in [0.15, 0.2) is 0 Å². The summed E-state index contributed by atoms with van der Waals surface area (Å²) in [6.07, 6.45) is 0.942. The molecule has 1 spiro atoms. The molecule has 3 fully saturated rings. The predicted molar refractivity (Wildman–Crippen MR) is 119 cm³/mol. The van der Waals surface area contributed by atoms with E-state index >= 15 is 0 Å². The second-order valence-electron chi connectivity index (χ2n) is 9.30. The molecule has 0 radical (unpaired) electrons. The number of nitrogens with one attached hydrogen (secondary N) is 2. The molecular formula is C23H30ClN3O5. The summed E-state index contributed by atoms with van der Waals surface area (Å²) in [5.41, 5.74) is -1.45. The number of carbonyl (C=O) groups is 3. The van der Waals surface area contributed by atoms with Crippen LogP contribution in [0.15, 0.2) is 24.3 Å². The Bertz CT molecular complexity index is 936. The largest absolute Gasteiger partial charge is 0.394 e. The first-order chi connectivity index (χ1) is 15.1. The number of hydrogen-bond acceptors (Lipinski definition) is 5. The molecule has 0 saturated carbocycles. The zero-order valence-corrected chi connectivity index (χ0v) is 19.5. The number of carbonyl (C=O) groups excluding carboxylic acids is 3. The molecule has 2 bridgehead atoms. The van der Waals surface area contributed by atoms with Crippen molar-refractivity contribution in [1.29, 1.82) is 0 Å². The van der Waals surface area contributed by atoms with Crippen molar-refractivity contribution in [2.24, 2.45) is 17.8 Å². The number of aliphatic hydroxyl groups is 1. The van der Waals surface area contributed by atoms with Gasteiger partial charge >= 0.3 is 0 Å². The second-order valence-corrected chi connectivity index (χ2v) is 9.74. The van der Waals surface area contributed by atoms with Gasteiger partial charge < -0.3 is 25.4 Å². The second kappa shape index (κ2) is 8.01. The van der Waals surface area contributed by atoms with Gasteiger partial charge in [-0.15, -0.1) is 0 Å². The fourth-order valence-electron chi connectivity index (χ4n) is 6.08. The molecule has 3 aliphatic rings. The van der Waals surface area contributed by atoms with Gasteiger partial charge in [0.25, 0.3) is 0 Å². The highest BCUT2D eigenvalue weighted by molar-refractivity contribution is 6.30. The van der Waals surface area contributed by atoms with Crippen LogP contribution in [0.2, 0.25) is 5.02 Å². The highest BCUT2D eigenvalue weighted by atomic mass is 35.5. The van der Waals surface area contributed by atoms with Crippen molar-refractivity contribution in [3.8, 4) is 0 Å². The minimum atomic E-state index is -1.14. The van der Waals surface area contributed by atoms with Crippen molar-refractivity contribution >= 4 is 35.0 Å². The number of fused-ring (bicyclic) bond motifs is 1. The number of aliphatic hydroxyl groups excluding tert-OH is 1. The molecule has 32 heavy (non-hydrogen) atoms. The standard InChI is InChI=1S/C23H30ClN3O5/c1-5-15(11-28)27-18(20(30)26-14-8-6-13(24)7-9-14)23-10-12(2)22(3,32-23)16(19(29)25-4)17(23)21(27)31/h6-9,12,15-18,28H,5,10-11H2,1-4H3,(H,25,29)(H,26,30)/t12?,15-,16+,17-,18?,22-,23?/m0/s1. The van der Waals surface area contributed by atoms with Gasteiger partial charge in [0.05, 0.1) is 30.1 Å². The van der Waals surface area contributed by atoms with E-state index in [0.717, 1.165) is 0 Å². The number of rotatable bonds is 6. The molecule has 4 rings (SSSR count). The Labute approximate surface area is 192 Å². The van der Waals surface area contributed by atoms with E-state index in [0.29, 0.717) is 23.6 Å². The number of likely N-dealkylation sites (tertiary alicyclic amines) is 1. The van der Waals surface area contributed by atoms with E-state index in [1.807, 2.05) is 20.8 Å². The summed E-state index contributed by atoms with van der Waals surface area (Å²) in [6, 6.07) is 5.18. The molecule has 3 saturated heterocycles. The lowest BCUT2D eigenvalue weighted by Gasteiger charge is -2.36. The van der Waals surface area contributed by atoms with Crippen molar-refractivity contribution in [2.45, 2.75) is 56.9 Å². The van der Waals surface area contributed by atoms with Crippen LogP contribution >= 0.6 is 11.6 Å². The average Bonchev–Trinajstić information content (AvgIpc) is 3.27. The molecule has 174 valence electrons. The van der Waals surface area contributed by atoms with Gasteiger partial charge in [0.1, 0.15) is 11.6 Å². The SMILES string of the molecule is CC[C@@H](CO)N1C(=O)[C@@H]2[C@H](C(=O)NC)[C@@]3(C)OC2(CC3C)C1C(=O)Nc1ccc(Cl)cc1. The van der Waals surface area contributed by atoms with Crippen LogP contribution in [-0.2, 0) is 19.1 Å². The lowest BCUT2D eigenvalue weighted by atomic mass is 9.62. The molecule has 1 aromatic rings. The van der Waals surface area contributed by atoms with Crippen LogP contribution < -0.4 is 10.6 Å². The number of halogens is 1. The van der Waals surface area contributed by atoms with Gasteiger partial charge in [0, 0.05) is 17.8 Å². The Morgan fingerprint density at radius 3 is 2.53 bits per heavy atom. The predicted octanol–water partition coefficient (Wildman–Crippen LogP) is 1.81. The first-order valence-corrected chi connectivity index (χ1v) is 11.4. The topological polar surface area (TPSA) is 108 Å². The Hall–Kier alpha value is -2.16. The summed E-state index contributed by atoms with van der Waals surface area (Å²) in [4.78, 5) is 41.8. The highest BCUT2D eigenvalue weighted by Crippen LogP contribution is 2.65. The molecular weight excluding hydrogens is 434 g/mol. The zero-order valence-electron chi connectivity index (χ0n) is 18.7. The van der Waals surface area contributed by atoms with E-state index in [-0.39, 0.29) is 24.3 Å². The average molecular weight is 464 g/mol. The molecule has 0 aromatic heterocycles. The minimum absolute atomic E-state index is 0.0335. The van der Waals surface area contributed by atoms with Gasteiger partial charge in [-0.3, -0.25) is 14.4 Å². The molecule has 3 unspecified atom stereocenters. The Morgan fingerprint density at radius 1 is 1.31 bits per heavy atom. The molecule has 9 heteroatoms. The maximum Gasteiger partial charge on any atom is 0.250 e. The normalized spacial score (nSPS) is 36.2. The van der Waals surface area contributed by atoms with Gasteiger partial charge in [0.2, 0.25) is 17.7 Å². The quantitative estimate of drug-likeness (QED) is 0.596. The molecule has 3 heterocycles. The molecule has 8 nitrogen and oxygen atoms in total. The van der Waals surface area contributed by atoms with Crippen LogP contribution in [0.4, 0.5) is 5.69 Å². The van der Waals surface area contributed by atoms with Crippen molar-refractivity contribution in [3.63, 3.8) is 0 Å². The van der Waals surface area contributed by atoms with Crippen molar-refractivity contribution in [2.75, 3.05) is 19.0 Å². The Balaban J connectivity index is 1.80. The maximum absolute atomic E-state index is 13.8. The summed E-state index contributed by atoms with van der Waals surface area (Å²) in [6.45, 7) is 5.42. The van der Waals surface area contributed by atoms with E-state index < -0.39 is 41.0 Å². The lowest BCUT2D eigenvalue weighted by molar-refractivity contribution is -0.149. The summed E-state index contributed by atoms with van der Waals surface area (Å²) in [5, 5.41) is 16.1. The van der Waals surface area contributed by atoms with Gasteiger partial charge in [-0.25, -0.2) is 0 Å². The van der Waals surface area contributed by atoms with Gasteiger partial charge in [-0.2, -0.15) is 0 Å². The molecule has 7 atom stereocenters. The summed E-state index contributed by atoms with van der Waals surface area (Å²) < 4.78 is 6.56. The number of hydrogen-bond donors (Lipinski definition) is 3.